The maximum Gasteiger partial charge on any atom is 0.160 e. The number of rotatable bonds is 7. The SMILES string of the molecule is CCCCC(CC)CC(=O)C1CCCCS1(=O)=O. The van der Waals surface area contributed by atoms with Crippen LogP contribution in [-0.4, -0.2) is 25.2 Å². The molecule has 1 aliphatic heterocycles. The largest absolute Gasteiger partial charge is 0.298 e. The molecule has 1 heterocycles. The van der Waals surface area contributed by atoms with Crippen molar-refractivity contribution in [1.82, 2.24) is 0 Å². The third-order valence-electron chi connectivity index (χ3n) is 3.97. The van der Waals surface area contributed by atoms with Crippen LogP contribution in [0.15, 0.2) is 0 Å². The van der Waals surface area contributed by atoms with Crippen LogP contribution in [0.2, 0.25) is 0 Å². The fraction of sp³-hybridized carbons (Fsp3) is 0.929. The summed E-state index contributed by atoms with van der Waals surface area (Å²) >= 11 is 0. The van der Waals surface area contributed by atoms with Crippen LogP contribution in [0.3, 0.4) is 0 Å². The maximum atomic E-state index is 12.2. The summed E-state index contributed by atoms with van der Waals surface area (Å²) < 4.78 is 23.8. The van der Waals surface area contributed by atoms with E-state index in [1.54, 1.807) is 0 Å². The van der Waals surface area contributed by atoms with Crippen molar-refractivity contribution < 1.29 is 13.2 Å². The summed E-state index contributed by atoms with van der Waals surface area (Å²) in [6, 6.07) is 0. The molecular weight excluding hydrogens is 248 g/mol. The van der Waals surface area contributed by atoms with E-state index in [0.29, 0.717) is 18.8 Å². The van der Waals surface area contributed by atoms with Crippen molar-refractivity contribution in [3.05, 3.63) is 0 Å². The molecular formula is C14H26O3S. The van der Waals surface area contributed by atoms with Gasteiger partial charge in [-0.25, -0.2) is 8.42 Å². The fourth-order valence-corrected chi connectivity index (χ4v) is 4.59. The van der Waals surface area contributed by atoms with Crippen molar-refractivity contribution in [3.63, 3.8) is 0 Å². The van der Waals surface area contributed by atoms with Crippen LogP contribution in [0.4, 0.5) is 0 Å². The van der Waals surface area contributed by atoms with E-state index in [1.165, 1.54) is 0 Å². The smallest absolute Gasteiger partial charge is 0.160 e. The zero-order valence-corrected chi connectivity index (χ0v) is 12.5. The second-order valence-corrected chi connectivity index (χ2v) is 7.74. The van der Waals surface area contributed by atoms with Crippen molar-refractivity contribution in [2.45, 2.75) is 70.5 Å². The standard InChI is InChI=1S/C14H26O3S/c1-3-5-8-12(4-2)11-13(15)14-9-6-7-10-18(14,16)17/h12,14H,3-11H2,1-2H3. The van der Waals surface area contributed by atoms with Crippen LogP contribution in [0.5, 0.6) is 0 Å². The van der Waals surface area contributed by atoms with E-state index in [2.05, 4.69) is 13.8 Å². The Kier molecular flexibility index (Phi) is 6.33. The first kappa shape index (κ1) is 15.7. The second kappa shape index (κ2) is 7.27. The molecule has 0 amide bonds. The zero-order chi connectivity index (χ0) is 13.6. The van der Waals surface area contributed by atoms with Gasteiger partial charge in [0.05, 0.1) is 5.75 Å². The van der Waals surface area contributed by atoms with Gasteiger partial charge in [0.1, 0.15) is 5.25 Å². The van der Waals surface area contributed by atoms with Crippen LogP contribution in [-0.2, 0) is 14.6 Å². The lowest BCUT2D eigenvalue weighted by Gasteiger charge is -2.23. The van der Waals surface area contributed by atoms with Gasteiger partial charge in [-0.05, 0) is 18.8 Å². The van der Waals surface area contributed by atoms with E-state index in [9.17, 15) is 13.2 Å². The molecule has 1 saturated heterocycles. The molecule has 1 aliphatic rings. The molecule has 0 aromatic heterocycles. The molecule has 0 radical (unpaired) electrons. The van der Waals surface area contributed by atoms with E-state index in [4.69, 9.17) is 0 Å². The molecule has 2 unspecified atom stereocenters. The molecule has 2 atom stereocenters. The molecule has 0 spiro atoms. The van der Waals surface area contributed by atoms with Gasteiger partial charge < -0.3 is 0 Å². The van der Waals surface area contributed by atoms with E-state index in [1.807, 2.05) is 0 Å². The van der Waals surface area contributed by atoms with Crippen LogP contribution >= 0.6 is 0 Å². The third-order valence-corrected chi connectivity index (χ3v) is 6.19. The van der Waals surface area contributed by atoms with Crippen molar-refractivity contribution >= 4 is 15.6 Å². The first-order chi connectivity index (χ1) is 8.51. The van der Waals surface area contributed by atoms with Crippen LogP contribution in [0.25, 0.3) is 0 Å². The highest BCUT2D eigenvalue weighted by atomic mass is 32.2. The first-order valence-electron chi connectivity index (χ1n) is 7.25. The number of carbonyl (C=O) groups excluding carboxylic acids is 1. The fourth-order valence-electron chi connectivity index (χ4n) is 2.68. The van der Waals surface area contributed by atoms with Gasteiger partial charge in [0, 0.05) is 6.42 Å². The molecule has 4 heteroatoms. The Hall–Kier alpha value is -0.380. The summed E-state index contributed by atoms with van der Waals surface area (Å²) in [6.45, 7) is 4.23. The number of unbranched alkanes of at least 4 members (excludes halogenated alkanes) is 1. The lowest BCUT2D eigenvalue weighted by atomic mass is 9.92. The molecule has 18 heavy (non-hydrogen) atoms. The monoisotopic (exact) mass is 274 g/mol. The minimum absolute atomic E-state index is 0.0300. The van der Waals surface area contributed by atoms with Gasteiger partial charge in [-0.15, -0.1) is 0 Å². The molecule has 0 N–H and O–H groups in total. The van der Waals surface area contributed by atoms with Crippen LogP contribution in [0.1, 0.15) is 65.2 Å². The number of Topliss-reactive ketones (excluding diaryl/α,β-unsaturated/α-hetero) is 1. The Bertz CT molecular complexity index is 359. The molecule has 1 rings (SSSR count). The van der Waals surface area contributed by atoms with Crippen molar-refractivity contribution in [2.24, 2.45) is 5.92 Å². The molecule has 3 nitrogen and oxygen atoms in total. The van der Waals surface area contributed by atoms with E-state index in [-0.39, 0.29) is 11.5 Å². The Morgan fingerprint density at radius 2 is 2.00 bits per heavy atom. The van der Waals surface area contributed by atoms with Gasteiger partial charge in [0.25, 0.3) is 0 Å². The van der Waals surface area contributed by atoms with Gasteiger partial charge in [0.2, 0.25) is 0 Å². The Morgan fingerprint density at radius 1 is 1.28 bits per heavy atom. The molecule has 0 saturated carbocycles. The lowest BCUT2D eigenvalue weighted by molar-refractivity contribution is -0.119. The van der Waals surface area contributed by atoms with Crippen molar-refractivity contribution in [1.29, 1.82) is 0 Å². The van der Waals surface area contributed by atoms with Crippen LogP contribution in [0, 0.1) is 5.92 Å². The molecule has 0 aromatic rings. The van der Waals surface area contributed by atoms with E-state index < -0.39 is 15.1 Å². The van der Waals surface area contributed by atoms with Gasteiger partial charge >= 0.3 is 0 Å². The second-order valence-electron chi connectivity index (χ2n) is 5.44. The normalized spacial score (nSPS) is 24.7. The van der Waals surface area contributed by atoms with Crippen molar-refractivity contribution in [3.8, 4) is 0 Å². The number of hydrogen-bond donors (Lipinski definition) is 0. The quantitative estimate of drug-likeness (QED) is 0.716. The highest BCUT2D eigenvalue weighted by Crippen LogP contribution is 2.25. The predicted molar refractivity (Wildman–Crippen MR) is 74.4 cm³/mol. The summed E-state index contributed by atoms with van der Waals surface area (Å²) in [4.78, 5) is 12.2. The molecule has 0 aromatic carbocycles. The Balaban J connectivity index is 2.57. The number of sulfone groups is 1. The van der Waals surface area contributed by atoms with Gasteiger partial charge in [-0.2, -0.15) is 0 Å². The Labute approximate surface area is 111 Å². The van der Waals surface area contributed by atoms with Gasteiger partial charge in [-0.3, -0.25) is 4.79 Å². The number of carbonyl (C=O) groups is 1. The minimum Gasteiger partial charge on any atom is -0.298 e. The zero-order valence-electron chi connectivity index (χ0n) is 11.7. The first-order valence-corrected chi connectivity index (χ1v) is 8.97. The van der Waals surface area contributed by atoms with E-state index >= 15 is 0 Å². The highest BCUT2D eigenvalue weighted by molar-refractivity contribution is 7.92. The summed E-state index contributed by atoms with van der Waals surface area (Å²) in [5.74, 6) is 0.544. The maximum absolute atomic E-state index is 12.2. The summed E-state index contributed by atoms with van der Waals surface area (Å²) in [5, 5.41) is -0.693. The highest BCUT2D eigenvalue weighted by Gasteiger charge is 2.34. The number of ketones is 1. The molecule has 0 aliphatic carbocycles. The summed E-state index contributed by atoms with van der Waals surface area (Å²) in [7, 11) is -3.15. The molecule has 0 bridgehead atoms. The minimum atomic E-state index is -3.15. The van der Waals surface area contributed by atoms with E-state index in [0.717, 1.165) is 38.5 Å². The summed E-state index contributed by atoms with van der Waals surface area (Å²) in [6.07, 6.45) is 6.88. The Morgan fingerprint density at radius 3 is 2.56 bits per heavy atom. The average Bonchev–Trinajstić information content (AvgIpc) is 2.33. The molecule has 106 valence electrons. The van der Waals surface area contributed by atoms with Crippen molar-refractivity contribution in [2.75, 3.05) is 5.75 Å². The van der Waals surface area contributed by atoms with Crippen LogP contribution < -0.4 is 0 Å². The lowest BCUT2D eigenvalue weighted by Crippen LogP contribution is -2.36. The predicted octanol–water partition coefficient (Wildman–Crippen LogP) is 3.13. The average molecular weight is 274 g/mol. The van der Waals surface area contributed by atoms with Gasteiger partial charge in [0.15, 0.2) is 15.6 Å². The third kappa shape index (κ3) is 4.38. The van der Waals surface area contributed by atoms with Gasteiger partial charge in [-0.1, -0.05) is 46.0 Å². The summed E-state index contributed by atoms with van der Waals surface area (Å²) in [5.41, 5.74) is 0. The molecule has 1 fully saturated rings. The topological polar surface area (TPSA) is 51.2 Å². The number of hydrogen-bond acceptors (Lipinski definition) is 3.